The Kier molecular flexibility index (Phi) is 15.7. The zero-order chi connectivity index (χ0) is 15.1. The standard InChI is InChI=1S/3C5H11O.ClH.Hf/c3*1-2-3-4-5-6;;/h3*2-5H2,1H3;1H;/q3*-1;;+4/p-1. The molecule has 0 fully saturated rings. The monoisotopic (exact) mass is 476 g/mol. The summed E-state index contributed by atoms with van der Waals surface area (Å²) in [4.78, 5) is 0. The first-order chi connectivity index (χ1) is 9.68. The van der Waals surface area contributed by atoms with Gasteiger partial charge in [-0.1, -0.05) is 0 Å². The minimum atomic E-state index is -3.86. The van der Waals surface area contributed by atoms with Crippen molar-refractivity contribution in [3.63, 3.8) is 0 Å². The van der Waals surface area contributed by atoms with Crippen LogP contribution in [0.4, 0.5) is 0 Å². The summed E-state index contributed by atoms with van der Waals surface area (Å²) in [5, 5.41) is 0. The van der Waals surface area contributed by atoms with E-state index in [9.17, 15) is 0 Å². The Labute approximate surface area is 135 Å². The van der Waals surface area contributed by atoms with Gasteiger partial charge in [-0.2, -0.15) is 0 Å². The molecule has 0 heterocycles. The minimum absolute atomic E-state index is 0.681. The fourth-order valence-electron chi connectivity index (χ4n) is 1.76. The van der Waals surface area contributed by atoms with Crippen LogP contribution in [0.25, 0.3) is 0 Å². The molecule has 0 rings (SSSR count). The van der Waals surface area contributed by atoms with Crippen LogP contribution in [0.2, 0.25) is 0 Å². The van der Waals surface area contributed by atoms with Crippen molar-refractivity contribution in [2.24, 2.45) is 0 Å². The van der Waals surface area contributed by atoms with Gasteiger partial charge in [0.1, 0.15) is 0 Å². The maximum atomic E-state index is 6.53. The molecule has 0 aliphatic rings. The normalized spacial score (nSPS) is 12.0. The fraction of sp³-hybridized carbons (Fsp3) is 1.00. The predicted molar refractivity (Wildman–Crippen MR) is 82.3 cm³/mol. The third kappa shape index (κ3) is 12.8. The van der Waals surface area contributed by atoms with Gasteiger partial charge in [-0.05, 0) is 0 Å². The summed E-state index contributed by atoms with van der Waals surface area (Å²) in [6.07, 6.45) is 10.2. The van der Waals surface area contributed by atoms with Crippen LogP contribution < -0.4 is 0 Å². The third-order valence-electron chi connectivity index (χ3n) is 3.07. The molecule has 0 aromatic carbocycles. The van der Waals surface area contributed by atoms with Crippen LogP contribution in [-0.4, -0.2) is 19.8 Å². The molecule has 0 aliphatic heterocycles. The second kappa shape index (κ2) is 15.0. The van der Waals surface area contributed by atoms with Gasteiger partial charge in [0.15, 0.2) is 0 Å². The topological polar surface area (TPSA) is 27.7 Å². The third-order valence-corrected chi connectivity index (χ3v) is 11.7. The van der Waals surface area contributed by atoms with Crippen molar-refractivity contribution in [2.45, 2.75) is 78.6 Å². The number of rotatable bonds is 15. The first kappa shape index (κ1) is 21.0. The van der Waals surface area contributed by atoms with Gasteiger partial charge in [-0.15, -0.1) is 0 Å². The SMILES string of the molecule is CCCCC[O][Hf]([Cl])([O]CCCCC)[O]CCCCC. The van der Waals surface area contributed by atoms with E-state index in [0.29, 0.717) is 19.8 Å². The Morgan fingerprint density at radius 3 is 1.15 bits per heavy atom. The molecule has 0 N–H and O–H groups in total. The van der Waals surface area contributed by atoms with Gasteiger partial charge in [0.05, 0.1) is 0 Å². The quantitative estimate of drug-likeness (QED) is 0.226. The van der Waals surface area contributed by atoms with Crippen molar-refractivity contribution in [3.8, 4) is 0 Å². The van der Waals surface area contributed by atoms with Gasteiger partial charge in [0.25, 0.3) is 0 Å². The molecule has 5 heteroatoms. The molecule has 20 heavy (non-hydrogen) atoms. The number of hydrogen-bond donors (Lipinski definition) is 0. The van der Waals surface area contributed by atoms with E-state index in [-0.39, 0.29) is 0 Å². The van der Waals surface area contributed by atoms with Crippen LogP contribution in [0.3, 0.4) is 0 Å². The summed E-state index contributed by atoms with van der Waals surface area (Å²) in [5.41, 5.74) is 0. The molecule has 0 aromatic rings. The molecule has 122 valence electrons. The Morgan fingerprint density at radius 1 is 0.600 bits per heavy atom. The van der Waals surface area contributed by atoms with E-state index in [4.69, 9.17) is 17.1 Å². The zero-order valence-corrected chi connectivity index (χ0v) is 17.9. The molecule has 0 atom stereocenters. The molecule has 0 amide bonds. The molecule has 0 saturated heterocycles. The summed E-state index contributed by atoms with van der Waals surface area (Å²) in [7, 11) is 6.53. The van der Waals surface area contributed by atoms with Crippen LogP contribution in [0, 0.1) is 0 Å². The molecule has 0 aliphatic carbocycles. The van der Waals surface area contributed by atoms with Crippen molar-refractivity contribution in [1.29, 1.82) is 0 Å². The van der Waals surface area contributed by atoms with E-state index in [2.05, 4.69) is 20.8 Å². The number of halogens is 1. The van der Waals surface area contributed by atoms with Gasteiger partial charge in [0.2, 0.25) is 0 Å². The van der Waals surface area contributed by atoms with Crippen molar-refractivity contribution >= 4 is 8.58 Å². The van der Waals surface area contributed by atoms with Crippen LogP contribution in [0.1, 0.15) is 78.6 Å². The van der Waals surface area contributed by atoms with E-state index in [0.717, 1.165) is 19.3 Å². The Morgan fingerprint density at radius 2 is 0.900 bits per heavy atom. The Bertz CT molecular complexity index is 174. The van der Waals surface area contributed by atoms with E-state index >= 15 is 0 Å². The number of hydrogen-bond acceptors (Lipinski definition) is 3. The molecular formula is C15H33ClHfO3. The summed E-state index contributed by atoms with van der Waals surface area (Å²) in [6, 6.07) is 0. The van der Waals surface area contributed by atoms with Crippen molar-refractivity contribution in [2.75, 3.05) is 19.8 Å². The second-order valence-corrected chi connectivity index (χ2v) is 15.5. The van der Waals surface area contributed by atoms with Crippen LogP contribution in [0.5, 0.6) is 0 Å². The summed E-state index contributed by atoms with van der Waals surface area (Å²) < 4.78 is 17.5. The van der Waals surface area contributed by atoms with Gasteiger partial charge in [-0.25, -0.2) is 0 Å². The van der Waals surface area contributed by atoms with Gasteiger partial charge in [0, 0.05) is 0 Å². The molecular weight excluding hydrogens is 442 g/mol. The van der Waals surface area contributed by atoms with E-state index in [1.54, 1.807) is 0 Å². The van der Waals surface area contributed by atoms with E-state index in [1.165, 1.54) is 38.5 Å². The maximum absolute atomic E-state index is 6.53. The van der Waals surface area contributed by atoms with Crippen LogP contribution >= 0.6 is 8.58 Å². The van der Waals surface area contributed by atoms with Crippen molar-refractivity contribution in [1.82, 2.24) is 0 Å². The molecule has 0 aromatic heterocycles. The summed E-state index contributed by atoms with van der Waals surface area (Å²) in [5.74, 6) is 0. The second-order valence-electron chi connectivity index (χ2n) is 5.15. The van der Waals surface area contributed by atoms with Crippen LogP contribution in [-0.2, 0) is 28.7 Å². The first-order valence-electron chi connectivity index (χ1n) is 8.29. The van der Waals surface area contributed by atoms with Gasteiger partial charge >= 0.3 is 136 Å². The van der Waals surface area contributed by atoms with Crippen LogP contribution in [0.15, 0.2) is 0 Å². The van der Waals surface area contributed by atoms with E-state index in [1.807, 2.05) is 0 Å². The van der Waals surface area contributed by atoms with Gasteiger partial charge in [-0.3, -0.25) is 0 Å². The molecule has 0 unspecified atom stereocenters. The average Bonchev–Trinajstić information content (AvgIpc) is 2.45. The van der Waals surface area contributed by atoms with Crippen molar-refractivity contribution in [3.05, 3.63) is 0 Å². The molecule has 0 bridgehead atoms. The fourth-order valence-corrected chi connectivity index (χ4v) is 8.74. The van der Waals surface area contributed by atoms with Gasteiger partial charge < -0.3 is 0 Å². The Hall–Kier alpha value is 1.04. The first-order valence-corrected chi connectivity index (χ1v) is 17.1. The Balaban J connectivity index is 3.98. The zero-order valence-electron chi connectivity index (χ0n) is 13.6. The average molecular weight is 475 g/mol. The summed E-state index contributed by atoms with van der Waals surface area (Å²) >= 11 is -3.86. The number of unbranched alkanes of at least 4 members (excludes halogenated alkanes) is 6. The van der Waals surface area contributed by atoms with Crippen molar-refractivity contribution < 1.29 is 28.7 Å². The molecule has 0 saturated carbocycles. The molecule has 0 radical (unpaired) electrons. The predicted octanol–water partition coefficient (Wildman–Crippen LogP) is 5.66. The summed E-state index contributed by atoms with van der Waals surface area (Å²) in [6.45, 7) is 8.59. The molecule has 0 spiro atoms. The molecule has 3 nitrogen and oxygen atoms in total. The van der Waals surface area contributed by atoms with E-state index < -0.39 is 20.1 Å².